The van der Waals surface area contributed by atoms with Crippen molar-refractivity contribution < 1.29 is 19.1 Å². The first-order valence-electron chi connectivity index (χ1n) is 8.19. The summed E-state index contributed by atoms with van der Waals surface area (Å²) in [4.78, 5) is 26.8. The molecule has 2 unspecified atom stereocenters. The number of ether oxygens (including phenoxy) is 2. The standard InChI is InChI=1S/C17H20N2O4/c20-15-17(8-10-23-14-7-2-1-6-13(14)17)18-16(21)19(15)11-12-5-3-4-9-22-12/h1-2,6-7,12H,3-5,8-11H2,(H,18,21). The predicted molar refractivity (Wildman–Crippen MR) is 82.1 cm³/mol. The molecule has 3 aliphatic rings. The summed E-state index contributed by atoms with van der Waals surface area (Å²) >= 11 is 0. The third kappa shape index (κ3) is 2.28. The Hall–Kier alpha value is -2.08. The summed E-state index contributed by atoms with van der Waals surface area (Å²) < 4.78 is 11.3. The number of benzene rings is 1. The molecule has 0 aliphatic carbocycles. The van der Waals surface area contributed by atoms with E-state index in [1.807, 2.05) is 24.3 Å². The van der Waals surface area contributed by atoms with Crippen LogP contribution in [-0.4, -0.2) is 42.7 Å². The topological polar surface area (TPSA) is 67.9 Å². The zero-order valence-electron chi connectivity index (χ0n) is 12.9. The molecule has 1 spiro atoms. The van der Waals surface area contributed by atoms with Crippen molar-refractivity contribution in [3.05, 3.63) is 29.8 Å². The Morgan fingerprint density at radius 2 is 2.09 bits per heavy atom. The summed E-state index contributed by atoms with van der Waals surface area (Å²) in [7, 11) is 0. The number of para-hydroxylation sites is 1. The molecular weight excluding hydrogens is 296 g/mol. The van der Waals surface area contributed by atoms with Crippen LogP contribution in [0.25, 0.3) is 0 Å². The van der Waals surface area contributed by atoms with Crippen LogP contribution in [0.15, 0.2) is 24.3 Å². The Balaban J connectivity index is 1.62. The summed E-state index contributed by atoms with van der Waals surface area (Å²) in [6.45, 7) is 1.45. The van der Waals surface area contributed by atoms with Crippen molar-refractivity contribution in [2.75, 3.05) is 19.8 Å². The van der Waals surface area contributed by atoms with Crippen LogP contribution in [0, 0.1) is 0 Å². The van der Waals surface area contributed by atoms with Crippen molar-refractivity contribution in [3.63, 3.8) is 0 Å². The Bertz CT molecular complexity index is 641. The van der Waals surface area contributed by atoms with Crippen LogP contribution < -0.4 is 10.1 Å². The number of carbonyl (C=O) groups is 2. The average molecular weight is 316 g/mol. The molecule has 122 valence electrons. The molecule has 4 rings (SSSR count). The minimum absolute atomic E-state index is 0.0521. The van der Waals surface area contributed by atoms with Gasteiger partial charge in [0.05, 0.1) is 19.3 Å². The van der Waals surface area contributed by atoms with E-state index in [2.05, 4.69) is 5.32 Å². The SMILES string of the molecule is O=C1NC2(CCOc3ccccc32)C(=O)N1CC1CCCCO1. The van der Waals surface area contributed by atoms with Gasteiger partial charge in [0.25, 0.3) is 5.91 Å². The molecule has 0 saturated carbocycles. The molecule has 6 heteroatoms. The smallest absolute Gasteiger partial charge is 0.325 e. The van der Waals surface area contributed by atoms with Gasteiger partial charge < -0.3 is 14.8 Å². The predicted octanol–water partition coefficient (Wildman–Crippen LogP) is 1.79. The monoisotopic (exact) mass is 316 g/mol. The maximum absolute atomic E-state index is 13.1. The normalized spacial score (nSPS) is 30.1. The second-order valence-electron chi connectivity index (χ2n) is 6.33. The van der Waals surface area contributed by atoms with E-state index in [0.717, 1.165) is 24.8 Å². The highest BCUT2D eigenvalue weighted by Gasteiger charge is 2.55. The molecule has 1 N–H and O–H groups in total. The van der Waals surface area contributed by atoms with Gasteiger partial charge in [-0.25, -0.2) is 4.79 Å². The first-order valence-corrected chi connectivity index (χ1v) is 8.19. The van der Waals surface area contributed by atoms with Crippen LogP contribution in [0.4, 0.5) is 4.79 Å². The number of fused-ring (bicyclic) bond motifs is 2. The molecule has 6 nitrogen and oxygen atoms in total. The van der Waals surface area contributed by atoms with E-state index >= 15 is 0 Å². The fraction of sp³-hybridized carbons (Fsp3) is 0.529. The number of rotatable bonds is 2. The molecular formula is C17H20N2O4. The quantitative estimate of drug-likeness (QED) is 0.845. The van der Waals surface area contributed by atoms with Crippen molar-refractivity contribution >= 4 is 11.9 Å². The van der Waals surface area contributed by atoms with E-state index in [1.165, 1.54) is 4.90 Å². The van der Waals surface area contributed by atoms with Gasteiger partial charge in [-0.05, 0) is 25.3 Å². The van der Waals surface area contributed by atoms with Gasteiger partial charge in [-0.3, -0.25) is 9.69 Å². The number of hydrogen-bond donors (Lipinski definition) is 1. The lowest BCUT2D eigenvalue weighted by Gasteiger charge is -2.33. The Kier molecular flexibility index (Phi) is 3.49. The van der Waals surface area contributed by atoms with Crippen LogP contribution in [0.2, 0.25) is 0 Å². The third-order valence-corrected chi connectivity index (χ3v) is 4.92. The van der Waals surface area contributed by atoms with Gasteiger partial charge >= 0.3 is 6.03 Å². The summed E-state index contributed by atoms with van der Waals surface area (Å²) in [6, 6.07) is 7.09. The number of urea groups is 1. The maximum Gasteiger partial charge on any atom is 0.325 e. The molecule has 2 fully saturated rings. The summed E-state index contributed by atoms with van der Waals surface area (Å²) in [5.41, 5.74) is -0.239. The molecule has 2 saturated heterocycles. The van der Waals surface area contributed by atoms with Gasteiger partial charge in [0, 0.05) is 18.6 Å². The van der Waals surface area contributed by atoms with E-state index in [4.69, 9.17) is 9.47 Å². The number of amides is 3. The third-order valence-electron chi connectivity index (χ3n) is 4.92. The van der Waals surface area contributed by atoms with E-state index in [0.29, 0.717) is 31.9 Å². The molecule has 3 amide bonds. The maximum atomic E-state index is 13.1. The molecule has 0 radical (unpaired) electrons. The summed E-state index contributed by atoms with van der Waals surface area (Å²) in [5.74, 6) is 0.482. The summed E-state index contributed by atoms with van der Waals surface area (Å²) in [6.07, 6.45) is 3.42. The average Bonchev–Trinajstić information content (AvgIpc) is 2.81. The van der Waals surface area contributed by atoms with Crippen LogP contribution in [0.1, 0.15) is 31.2 Å². The van der Waals surface area contributed by atoms with Crippen molar-refractivity contribution in [1.82, 2.24) is 10.2 Å². The second-order valence-corrected chi connectivity index (χ2v) is 6.33. The minimum Gasteiger partial charge on any atom is -0.493 e. The Labute approximate surface area is 134 Å². The second kappa shape index (κ2) is 5.53. The molecule has 1 aromatic rings. The highest BCUT2D eigenvalue weighted by molar-refractivity contribution is 6.08. The van der Waals surface area contributed by atoms with Crippen molar-refractivity contribution in [2.45, 2.75) is 37.3 Å². The van der Waals surface area contributed by atoms with E-state index in [1.54, 1.807) is 0 Å². The van der Waals surface area contributed by atoms with E-state index < -0.39 is 5.54 Å². The number of nitrogens with one attached hydrogen (secondary N) is 1. The van der Waals surface area contributed by atoms with Crippen LogP contribution >= 0.6 is 0 Å². The van der Waals surface area contributed by atoms with E-state index in [9.17, 15) is 9.59 Å². The van der Waals surface area contributed by atoms with Gasteiger partial charge in [0.2, 0.25) is 0 Å². The van der Waals surface area contributed by atoms with Crippen molar-refractivity contribution in [3.8, 4) is 5.75 Å². The van der Waals surface area contributed by atoms with Gasteiger partial charge in [-0.1, -0.05) is 18.2 Å². The van der Waals surface area contributed by atoms with E-state index in [-0.39, 0.29) is 18.0 Å². The lowest BCUT2D eigenvalue weighted by Crippen LogP contribution is -2.48. The van der Waals surface area contributed by atoms with Gasteiger partial charge in [0.15, 0.2) is 5.54 Å². The van der Waals surface area contributed by atoms with Gasteiger partial charge in [-0.15, -0.1) is 0 Å². The number of nitrogens with zero attached hydrogens (tertiary/aromatic N) is 1. The zero-order chi connectivity index (χ0) is 15.9. The van der Waals surface area contributed by atoms with Crippen LogP contribution in [0.5, 0.6) is 5.75 Å². The Morgan fingerprint density at radius 3 is 2.91 bits per heavy atom. The molecule has 23 heavy (non-hydrogen) atoms. The minimum atomic E-state index is -0.986. The molecule has 0 aromatic heterocycles. The number of carbonyl (C=O) groups excluding carboxylic acids is 2. The fourth-order valence-corrected chi connectivity index (χ4v) is 3.69. The lowest BCUT2D eigenvalue weighted by atomic mass is 9.84. The van der Waals surface area contributed by atoms with Gasteiger partial charge in [-0.2, -0.15) is 0 Å². The number of hydrogen-bond acceptors (Lipinski definition) is 4. The first-order chi connectivity index (χ1) is 11.2. The highest BCUT2D eigenvalue weighted by Crippen LogP contribution is 2.41. The molecule has 2 atom stereocenters. The van der Waals surface area contributed by atoms with Gasteiger partial charge in [0.1, 0.15) is 5.75 Å². The highest BCUT2D eigenvalue weighted by atomic mass is 16.5. The van der Waals surface area contributed by atoms with Crippen LogP contribution in [-0.2, 0) is 15.1 Å². The van der Waals surface area contributed by atoms with Crippen molar-refractivity contribution in [1.29, 1.82) is 0 Å². The first kappa shape index (κ1) is 14.5. The summed E-state index contributed by atoms with van der Waals surface area (Å²) in [5, 5.41) is 2.92. The van der Waals surface area contributed by atoms with Crippen LogP contribution in [0.3, 0.4) is 0 Å². The zero-order valence-corrected chi connectivity index (χ0v) is 12.9. The lowest BCUT2D eigenvalue weighted by molar-refractivity contribution is -0.134. The number of imide groups is 1. The molecule has 3 aliphatic heterocycles. The Morgan fingerprint density at radius 1 is 1.22 bits per heavy atom. The van der Waals surface area contributed by atoms with Crippen molar-refractivity contribution in [2.24, 2.45) is 0 Å². The molecule has 0 bridgehead atoms. The molecule has 3 heterocycles. The largest absolute Gasteiger partial charge is 0.493 e. The molecule has 1 aromatic carbocycles. The fourth-order valence-electron chi connectivity index (χ4n) is 3.69.